The molecule has 0 radical (unpaired) electrons. The van der Waals surface area contributed by atoms with Gasteiger partial charge in [0.25, 0.3) is 5.91 Å². The Bertz CT molecular complexity index is 945. The number of rotatable bonds is 3. The van der Waals surface area contributed by atoms with Crippen LogP contribution in [0.1, 0.15) is 21.7 Å². The molecule has 4 heterocycles. The molecule has 0 spiro atoms. The summed E-state index contributed by atoms with van der Waals surface area (Å²) < 4.78 is 7.80. The van der Waals surface area contributed by atoms with Crippen molar-refractivity contribution in [3.05, 3.63) is 58.4 Å². The van der Waals surface area contributed by atoms with E-state index in [1.807, 2.05) is 16.8 Å². The molecule has 130 valence electrons. The number of aromatic nitrogens is 4. The first-order valence-corrected chi connectivity index (χ1v) is 8.88. The van der Waals surface area contributed by atoms with E-state index in [-0.39, 0.29) is 12.0 Å². The van der Waals surface area contributed by atoms with Crippen molar-refractivity contribution < 1.29 is 9.53 Å². The Morgan fingerprint density at radius 2 is 2.23 bits per heavy atom. The molecule has 0 unspecified atom stereocenters. The predicted octanol–water partition coefficient (Wildman–Crippen LogP) is 1.71. The van der Waals surface area contributed by atoms with Crippen molar-refractivity contribution in [1.82, 2.24) is 24.6 Å². The molecular weight excluding hydrogens is 352 g/mol. The zero-order valence-electron chi connectivity index (χ0n) is 13.6. The Hall–Kier alpha value is -3.25. The highest BCUT2D eigenvalue weighted by Crippen LogP contribution is 2.18. The number of hydrogen-bond acceptors (Lipinski definition) is 7. The standard InChI is InChI=1S/C17H14N6O2S/c18-5-12-1-2-16(19-6-12)25-14-8-22(17(24)15-10-26-11-20-15)7-13-3-4-21-23(13)9-14/h1-4,6,10-11,14H,7-9H2/t14-/m0/s1. The summed E-state index contributed by atoms with van der Waals surface area (Å²) in [6.45, 7) is 1.34. The molecule has 8 nitrogen and oxygen atoms in total. The fraction of sp³-hybridized carbons (Fsp3) is 0.235. The van der Waals surface area contributed by atoms with E-state index in [0.29, 0.717) is 36.8 Å². The average Bonchev–Trinajstić information content (AvgIpc) is 3.31. The van der Waals surface area contributed by atoms with Gasteiger partial charge in [-0.05, 0) is 12.1 Å². The normalized spacial score (nSPS) is 16.4. The van der Waals surface area contributed by atoms with Gasteiger partial charge in [-0.1, -0.05) is 0 Å². The highest BCUT2D eigenvalue weighted by molar-refractivity contribution is 7.07. The lowest BCUT2D eigenvalue weighted by atomic mass is 10.3. The third-order valence-corrected chi connectivity index (χ3v) is 4.64. The molecule has 1 aliphatic rings. The number of carbonyl (C=O) groups excluding carboxylic acids is 1. The fourth-order valence-corrected chi connectivity index (χ4v) is 3.34. The van der Waals surface area contributed by atoms with Gasteiger partial charge in [-0.15, -0.1) is 11.3 Å². The molecule has 1 atom stereocenters. The van der Waals surface area contributed by atoms with Crippen LogP contribution in [0.25, 0.3) is 0 Å². The summed E-state index contributed by atoms with van der Waals surface area (Å²) in [6, 6.07) is 7.22. The van der Waals surface area contributed by atoms with Crippen LogP contribution in [0.15, 0.2) is 41.5 Å². The molecule has 3 aromatic rings. The number of ether oxygens (including phenoxy) is 1. The van der Waals surface area contributed by atoms with Gasteiger partial charge in [0.05, 0.1) is 36.4 Å². The molecule has 0 saturated carbocycles. The summed E-state index contributed by atoms with van der Waals surface area (Å²) in [5.41, 5.74) is 3.47. The van der Waals surface area contributed by atoms with E-state index in [0.717, 1.165) is 5.69 Å². The largest absolute Gasteiger partial charge is 0.470 e. The fourth-order valence-electron chi connectivity index (χ4n) is 2.81. The lowest BCUT2D eigenvalue weighted by Crippen LogP contribution is -2.39. The molecule has 1 aliphatic heterocycles. The van der Waals surface area contributed by atoms with Gasteiger partial charge in [-0.3, -0.25) is 9.48 Å². The molecule has 0 aliphatic carbocycles. The van der Waals surface area contributed by atoms with Crippen LogP contribution in [0.2, 0.25) is 0 Å². The molecule has 3 aromatic heterocycles. The maximum Gasteiger partial charge on any atom is 0.273 e. The zero-order chi connectivity index (χ0) is 17.9. The van der Waals surface area contributed by atoms with Crippen LogP contribution >= 0.6 is 11.3 Å². The van der Waals surface area contributed by atoms with E-state index < -0.39 is 0 Å². The minimum absolute atomic E-state index is 0.137. The van der Waals surface area contributed by atoms with Crippen molar-refractivity contribution in [2.75, 3.05) is 6.54 Å². The van der Waals surface area contributed by atoms with Crippen molar-refractivity contribution in [1.29, 1.82) is 5.26 Å². The highest BCUT2D eigenvalue weighted by atomic mass is 32.1. The minimum atomic E-state index is -0.320. The second-order valence-corrected chi connectivity index (χ2v) is 6.52. The molecular formula is C17H14N6O2S. The van der Waals surface area contributed by atoms with Crippen molar-refractivity contribution in [3.8, 4) is 11.9 Å². The number of fused-ring (bicyclic) bond motifs is 1. The van der Waals surface area contributed by atoms with Crippen LogP contribution in [0.5, 0.6) is 5.88 Å². The van der Waals surface area contributed by atoms with Crippen molar-refractivity contribution >= 4 is 17.2 Å². The Kier molecular flexibility index (Phi) is 4.33. The van der Waals surface area contributed by atoms with Crippen molar-refractivity contribution in [3.63, 3.8) is 0 Å². The SMILES string of the molecule is N#Cc1ccc(O[C@H]2CN(C(=O)c3cscn3)Cc3ccnn3C2)nc1. The minimum Gasteiger partial charge on any atom is -0.470 e. The predicted molar refractivity (Wildman–Crippen MR) is 92.4 cm³/mol. The Labute approximate surface area is 153 Å². The second kappa shape index (κ2) is 6.93. The monoisotopic (exact) mass is 366 g/mol. The molecule has 0 N–H and O–H groups in total. The van der Waals surface area contributed by atoms with Gasteiger partial charge >= 0.3 is 0 Å². The summed E-state index contributed by atoms with van der Waals surface area (Å²) in [5.74, 6) is 0.271. The highest BCUT2D eigenvalue weighted by Gasteiger charge is 2.28. The number of nitrogens with zero attached hydrogens (tertiary/aromatic N) is 6. The van der Waals surface area contributed by atoms with E-state index in [1.54, 1.807) is 34.1 Å². The first kappa shape index (κ1) is 16.2. The van der Waals surface area contributed by atoms with Gasteiger partial charge in [0.2, 0.25) is 5.88 Å². The van der Waals surface area contributed by atoms with Gasteiger partial charge < -0.3 is 9.64 Å². The smallest absolute Gasteiger partial charge is 0.273 e. The lowest BCUT2D eigenvalue weighted by Gasteiger charge is -2.23. The first-order valence-electron chi connectivity index (χ1n) is 7.94. The molecule has 0 bridgehead atoms. The number of amides is 1. The van der Waals surface area contributed by atoms with Gasteiger partial charge in [0.1, 0.15) is 17.9 Å². The van der Waals surface area contributed by atoms with Gasteiger partial charge in [-0.25, -0.2) is 9.97 Å². The maximum absolute atomic E-state index is 12.8. The van der Waals surface area contributed by atoms with Crippen LogP contribution in [0.3, 0.4) is 0 Å². The summed E-state index contributed by atoms with van der Waals surface area (Å²) >= 11 is 1.39. The molecule has 0 saturated heterocycles. The number of carbonyl (C=O) groups is 1. The van der Waals surface area contributed by atoms with Crippen LogP contribution < -0.4 is 4.74 Å². The third kappa shape index (κ3) is 3.27. The zero-order valence-corrected chi connectivity index (χ0v) is 14.5. The molecule has 4 rings (SSSR count). The third-order valence-electron chi connectivity index (χ3n) is 4.05. The van der Waals surface area contributed by atoms with E-state index in [2.05, 4.69) is 15.1 Å². The van der Waals surface area contributed by atoms with Gasteiger partial charge in [-0.2, -0.15) is 10.4 Å². The van der Waals surface area contributed by atoms with Gasteiger partial charge in [0.15, 0.2) is 0 Å². The average molecular weight is 366 g/mol. The molecule has 26 heavy (non-hydrogen) atoms. The first-order chi connectivity index (χ1) is 12.7. The topological polar surface area (TPSA) is 96.9 Å². The van der Waals surface area contributed by atoms with Crippen LogP contribution in [0.4, 0.5) is 0 Å². The van der Waals surface area contributed by atoms with Crippen molar-refractivity contribution in [2.24, 2.45) is 0 Å². The number of hydrogen-bond donors (Lipinski definition) is 0. The van der Waals surface area contributed by atoms with E-state index >= 15 is 0 Å². The second-order valence-electron chi connectivity index (χ2n) is 5.80. The van der Waals surface area contributed by atoms with Crippen LogP contribution in [-0.2, 0) is 13.1 Å². The maximum atomic E-state index is 12.8. The molecule has 1 amide bonds. The summed E-state index contributed by atoms with van der Waals surface area (Å²) in [6.07, 6.45) is 2.85. The molecule has 0 aromatic carbocycles. The Morgan fingerprint density at radius 3 is 2.96 bits per heavy atom. The van der Waals surface area contributed by atoms with E-state index in [9.17, 15) is 4.79 Å². The number of pyridine rings is 1. The van der Waals surface area contributed by atoms with E-state index in [1.165, 1.54) is 17.5 Å². The van der Waals surface area contributed by atoms with E-state index in [4.69, 9.17) is 10.00 Å². The Morgan fingerprint density at radius 1 is 1.31 bits per heavy atom. The van der Waals surface area contributed by atoms with Crippen LogP contribution in [-0.4, -0.2) is 43.2 Å². The number of nitriles is 1. The quantitative estimate of drug-likeness (QED) is 0.700. The summed E-state index contributed by atoms with van der Waals surface area (Å²) in [7, 11) is 0. The van der Waals surface area contributed by atoms with Crippen LogP contribution in [0, 0.1) is 11.3 Å². The molecule has 9 heteroatoms. The lowest BCUT2D eigenvalue weighted by molar-refractivity contribution is 0.0639. The Balaban J connectivity index is 1.57. The number of thiazole rings is 1. The molecule has 0 fully saturated rings. The summed E-state index contributed by atoms with van der Waals surface area (Å²) in [4.78, 5) is 22.7. The van der Waals surface area contributed by atoms with Gasteiger partial charge in [0, 0.05) is 23.8 Å². The summed E-state index contributed by atoms with van der Waals surface area (Å²) in [5, 5.41) is 14.9. The van der Waals surface area contributed by atoms with Crippen molar-refractivity contribution in [2.45, 2.75) is 19.2 Å².